The Morgan fingerprint density at radius 1 is 1.21 bits per heavy atom. The highest BCUT2D eigenvalue weighted by atomic mass is 32.1. The normalized spacial score (nSPS) is 12.2. The van der Waals surface area contributed by atoms with Crippen LogP contribution in [0.3, 0.4) is 0 Å². The van der Waals surface area contributed by atoms with Gasteiger partial charge in [-0.1, -0.05) is 26.8 Å². The van der Waals surface area contributed by atoms with Crippen LogP contribution in [0.25, 0.3) is 10.1 Å². The van der Waals surface area contributed by atoms with Gasteiger partial charge in [0.2, 0.25) is 0 Å². The van der Waals surface area contributed by atoms with E-state index in [-0.39, 0.29) is 5.41 Å². The molecule has 0 saturated heterocycles. The SMILES string of the molecule is CC(C)(C)c1csc2cccc(O)c12. The lowest BCUT2D eigenvalue weighted by molar-refractivity contribution is 0.479. The minimum absolute atomic E-state index is 0.0943. The molecule has 0 radical (unpaired) electrons. The number of aromatic hydroxyl groups is 1. The number of hydrogen-bond donors (Lipinski definition) is 1. The van der Waals surface area contributed by atoms with Crippen LogP contribution in [0.1, 0.15) is 26.3 Å². The Kier molecular flexibility index (Phi) is 2.04. The van der Waals surface area contributed by atoms with Gasteiger partial charge in [0, 0.05) is 10.1 Å². The Bertz CT molecular complexity index is 463. The molecule has 0 unspecified atom stereocenters. The molecule has 1 heterocycles. The first-order valence-electron chi connectivity index (χ1n) is 4.70. The Morgan fingerprint density at radius 3 is 2.57 bits per heavy atom. The number of rotatable bonds is 0. The van der Waals surface area contributed by atoms with E-state index in [1.807, 2.05) is 6.07 Å². The quantitative estimate of drug-likeness (QED) is 0.693. The lowest BCUT2D eigenvalue weighted by Gasteiger charge is -2.17. The fraction of sp³-hybridized carbons (Fsp3) is 0.333. The monoisotopic (exact) mass is 206 g/mol. The van der Waals surface area contributed by atoms with Gasteiger partial charge in [-0.3, -0.25) is 0 Å². The Balaban J connectivity index is 2.80. The average molecular weight is 206 g/mol. The molecule has 2 heteroatoms. The molecule has 14 heavy (non-hydrogen) atoms. The highest BCUT2D eigenvalue weighted by molar-refractivity contribution is 7.17. The van der Waals surface area contributed by atoms with Gasteiger partial charge in [0.05, 0.1) is 0 Å². The first-order valence-corrected chi connectivity index (χ1v) is 5.58. The molecule has 0 bridgehead atoms. The number of phenols is 1. The van der Waals surface area contributed by atoms with E-state index in [9.17, 15) is 5.11 Å². The molecule has 0 saturated carbocycles. The van der Waals surface area contributed by atoms with E-state index in [1.54, 1.807) is 17.4 Å². The number of thiophene rings is 1. The predicted molar refractivity (Wildman–Crippen MR) is 62.2 cm³/mol. The third-order valence-electron chi connectivity index (χ3n) is 2.39. The first kappa shape index (κ1) is 9.53. The molecule has 0 aliphatic rings. The maximum atomic E-state index is 9.81. The van der Waals surface area contributed by atoms with Crippen LogP contribution in [0.2, 0.25) is 0 Å². The van der Waals surface area contributed by atoms with Crippen molar-refractivity contribution in [3.63, 3.8) is 0 Å². The lowest BCUT2D eigenvalue weighted by atomic mass is 9.87. The number of phenolic OH excluding ortho intramolecular Hbond substituents is 1. The second-order valence-electron chi connectivity index (χ2n) is 4.55. The fourth-order valence-electron chi connectivity index (χ4n) is 1.62. The largest absolute Gasteiger partial charge is 0.507 e. The summed E-state index contributed by atoms with van der Waals surface area (Å²) >= 11 is 1.69. The highest BCUT2D eigenvalue weighted by Crippen LogP contribution is 2.39. The van der Waals surface area contributed by atoms with Crippen LogP contribution in [0.15, 0.2) is 23.6 Å². The van der Waals surface area contributed by atoms with E-state index < -0.39 is 0 Å². The number of fused-ring (bicyclic) bond motifs is 1. The molecule has 1 aromatic heterocycles. The molecule has 0 amide bonds. The second-order valence-corrected chi connectivity index (χ2v) is 5.46. The predicted octanol–water partition coefficient (Wildman–Crippen LogP) is 3.90. The van der Waals surface area contributed by atoms with Gasteiger partial charge in [0.1, 0.15) is 5.75 Å². The zero-order chi connectivity index (χ0) is 10.3. The van der Waals surface area contributed by atoms with Crippen LogP contribution in [0, 0.1) is 0 Å². The molecule has 0 spiro atoms. The van der Waals surface area contributed by atoms with Gasteiger partial charge >= 0.3 is 0 Å². The zero-order valence-corrected chi connectivity index (χ0v) is 9.48. The summed E-state index contributed by atoms with van der Waals surface area (Å²) in [5, 5.41) is 13.0. The van der Waals surface area contributed by atoms with Crippen molar-refractivity contribution in [2.24, 2.45) is 0 Å². The summed E-state index contributed by atoms with van der Waals surface area (Å²) in [6, 6.07) is 5.69. The smallest absolute Gasteiger partial charge is 0.124 e. The van der Waals surface area contributed by atoms with Crippen molar-refractivity contribution in [3.05, 3.63) is 29.1 Å². The topological polar surface area (TPSA) is 20.2 Å². The summed E-state index contributed by atoms with van der Waals surface area (Å²) < 4.78 is 1.16. The molecule has 2 rings (SSSR count). The van der Waals surface area contributed by atoms with Crippen molar-refractivity contribution in [1.29, 1.82) is 0 Å². The molecular formula is C12H14OS. The van der Waals surface area contributed by atoms with E-state index in [4.69, 9.17) is 0 Å². The second kappa shape index (κ2) is 2.99. The molecule has 1 N–H and O–H groups in total. The first-order chi connectivity index (χ1) is 6.50. The molecule has 0 atom stereocenters. The summed E-state index contributed by atoms with van der Waals surface area (Å²) in [5.74, 6) is 0.397. The maximum Gasteiger partial charge on any atom is 0.124 e. The third kappa shape index (κ3) is 1.40. The van der Waals surface area contributed by atoms with Crippen LogP contribution in [-0.4, -0.2) is 5.11 Å². The standard InChI is InChI=1S/C12H14OS/c1-12(2,3)8-7-14-10-6-4-5-9(13)11(8)10/h4-7,13H,1-3H3. The third-order valence-corrected chi connectivity index (χ3v) is 3.33. The van der Waals surface area contributed by atoms with Crippen LogP contribution in [0.5, 0.6) is 5.75 Å². The van der Waals surface area contributed by atoms with Crippen LogP contribution in [0.4, 0.5) is 0 Å². The van der Waals surface area contributed by atoms with Gasteiger partial charge in [0.15, 0.2) is 0 Å². The molecule has 1 aromatic carbocycles. The Morgan fingerprint density at radius 2 is 1.93 bits per heavy atom. The molecule has 0 fully saturated rings. The van der Waals surface area contributed by atoms with Crippen LogP contribution < -0.4 is 0 Å². The Labute approximate surface area is 88.0 Å². The van der Waals surface area contributed by atoms with Crippen molar-refractivity contribution >= 4 is 21.4 Å². The summed E-state index contributed by atoms with van der Waals surface area (Å²) in [4.78, 5) is 0. The lowest BCUT2D eigenvalue weighted by Crippen LogP contribution is -2.09. The molecular weight excluding hydrogens is 192 g/mol. The minimum Gasteiger partial charge on any atom is -0.507 e. The summed E-state index contributed by atoms with van der Waals surface area (Å²) in [6.45, 7) is 6.50. The maximum absolute atomic E-state index is 9.81. The minimum atomic E-state index is 0.0943. The summed E-state index contributed by atoms with van der Waals surface area (Å²) in [6.07, 6.45) is 0. The molecule has 1 nitrogen and oxygen atoms in total. The van der Waals surface area contributed by atoms with Crippen molar-refractivity contribution < 1.29 is 5.11 Å². The van der Waals surface area contributed by atoms with Crippen molar-refractivity contribution in [1.82, 2.24) is 0 Å². The molecule has 0 aliphatic heterocycles. The van der Waals surface area contributed by atoms with Crippen molar-refractivity contribution in [2.75, 3.05) is 0 Å². The van der Waals surface area contributed by atoms with E-state index in [0.29, 0.717) is 5.75 Å². The zero-order valence-electron chi connectivity index (χ0n) is 8.66. The fourth-order valence-corrected chi connectivity index (χ4v) is 2.83. The van der Waals surface area contributed by atoms with Crippen molar-refractivity contribution in [3.8, 4) is 5.75 Å². The van der Waals surface area contributed by atoms with Gasteiger partial charge in [-0.15, -0.1) is 11.3 Å². The van der Waals surface area contributed by atoms with Gasteiger partial charge in [-0.05, 0) is 28.5 Å². The van der Waals surface area contributed by atoms with E-state index >= 15 is 0 Å². The molecule has 2 aromatic rings. The Hall–Kier alpha value is -1.02. The van der Waals surface area contributed by atoms with Gasteiger partial charge < -0.3 is 5.11 Å². The molecule has 74 valence electrons. The van der Waals surface area contributed by atoms with Crippen LogP contribution in [-0.2, 0) is 5.41 Å². The summed E-state index contributed by atoms with van der Waals surface area (Å²) in [5.41, 5.74) is 1.33. The van der Waals surface area contributed by atoms with Crippen molar-refractivity contribution in [2.45, 2.75) is 26.2 Å². The van der Waals surface area contributed by atoms with E-state index in [0.717, 1.165) is 10.1 Å². The summed E-state index contributed by atoms with van der Waals surface area (Å²) in [7, 11) is 0. The van der Waals surface area contributed by atoms with Gasteiger partial charge in [-0.2, -0.15) is 0 Å². The highest BCUT2D eigenvalue weighted by Gasteiger charge is 2.19. The van der Waals surface area contributed by atoms with Gasteiger partial charge in [0.25, 0.3) is 0 Å². The average Bonchev–Trinajstić information content (AvgIpc) is 2.47. The van der Waals surface area contributed by atoms with E-state index in [1.165, 1.54) is 5.56 Å². The van der Waals surface area contributed by atoms with E-state index in [2.05, 4.69) is 32.2 Å². The molecule has 0 aliphatic carbocycles. The van der Waals surface area contributed by atoms with Crippen LogP contribution >= 0.6 is 11.3 Å². The number of hydrogen-bond acceptors (Lipinski definition) is 2. The van der Waals surface area contributed by atoms with Gasteiger partial charge in [-0.25, -0.2) is 0 Å². The number of benzene rings is 1.